The van der Waals surface area contributed by atoms with Crippen molar-refractivity contribution < 1.29 is 19.4 Å². The standard InChI is InChI=1S/C27H33ClN2O4/c1-4-17-34-22-13-11-19(12-14-22)25(31)23-24(20-9-7-10-21(28)18-20)30(27(33)26(23)32)16-8-15-29(5-2)6-3/h7,9-14,18,24,31H,4-6,8,15-17H2,1-3H3/b25-23+. The first kappa shape index (κ1) is 25.8. The van der Waals surface area contributed by atoms with E-state index in [1.54, 1.807) is 47.4 Å². The van der Waals surface area contributed by atoms with Gasteiger partial charge in [0.25, 0.3) is 11.7 Å². The second-order valence-electron chi connectivity index (χ2n) is 8.30. The molecule has 1 saturated heterocycles. The molecule has 34 heavy (non-hydrogen) atoms. The van der Waals surface area contributed by atoms with Gasteiger partial charge in [-0.15, -0.1) is 0 Å². The number of aliphatic hydroxyl groups excluding tert-OH is 1. The molecule has 3 rings (SSSR count). The van der Waals surface area contributed by atoms with E-state index >= 15 is 0 Å². The van der Waals surface area contributed by atoms with Crippen LogP contribution in [0.1, 0.15) is 50.8 Å². The first-order chi connectivity index (χ1) is 16.4. The van der Waals surface area contributed by atoms with Gasteiger partial charge >= 0.3 is 0 Å². The van der Waals surface area contributed by atoms with E-state index in [1.165, 1.54) is 0 Å². The Hall–Kier alpha value is -2.83. The van der Waals surface area contributed by atoms with Crippen molar-refractivity contribution in [1.29, 1.82) is 0 Å². The second kappa shape index (κ2) is 12.0. The van der Waals surface area contributed by atoms with Crippen molar-refractivity contribution >= 4 is 29.1 Å². The predicted octanol–water partition coefficient (Wildman–Crippen LogP) is 5.28. The summed E-state index contributed by atoms with van der Waals surface area (Å²) in [6.45, 7) is 9.88. The zero-order chi connectivity index (χ0) is 24.7. The van der Waals surface area contributed by atoms with Gasteiger partial charge in [-0.2, -0.15) is 0 Å². The maximum Gasteiger partial charge on any atom is 0.295 e. The molecule has 1 heterocycles. The Balaban J connectivity index is 1.98. The molecule has 7 heteroatoms. The number of carbonyl (C=O) groups is 2. The van der Waals surface area contributed by atoms with E-state index in [1.807, 2.05) is 13.0 Å². The fourth-order valence-corrected chi connectivity index (χ4v) is 4.42. The van der Waals surface area contributed by atoms with E-state index in [4.69, 9.17) is 16.3 Å². The lowest BCUT2D eigenvalue weighted by atomic mass is 9.95. The van der Waals surface area contributed by atoms with Crippen molar-refractivity contribution in [3.05, 3.63) is 70.3 Å². The van der Waals surface area contributed by atoms with E-state index in [0.717, 1.165) is 32.5 Å². The zero-order valence-electron chi connectivity index (χ0n) is 20.1. The zero-order valence-corrected chi connectivity index (χ0v) is 20.8. The summed E-state index contributed by atoms with van der Waals surface area (Å²) in [4.78, 5) is 30.0. The molecule has 1 amide bonds. The van der Waals surface area contributed by atoms with Crippen LogP contribution in [0.5, 0.6) is 5.75 Å². The summed E-state index contributed by atoms with van der Waals surface area (Å²) in [6.07, 6.45) is 1.61. The minimum Gasteiger partial charge on any atom is -0.507 e. The highest BCUT2D eigenvalue weighted by Gasteiger charge is 2.45. The third kappa shape index (κ3) is 5.80. The first-order valence-corrected chi connectivity index (χ1v) is 12.3. The number of Topliss-reactive ketones (excluding diaryl/α,β-unsaturated/α-hetero) is 1. The van der Waals surface area contributed by atoms with Gasteiger partial charge in [0, 0.05) is 17.1 Å². The molecule has 0 aliphatic carbocycles. The Morgan fingerprint density at radius 3 is 2.41 bits per heavy atom. The smallest absolute Gasteiger partial charge is 0.295 e. The molecule has 0 saturated carbocycles. The summed E-state index contributed by atoms with van der Waals surface area (Å²) in [5.41, 5.74) is 1.23. The van der Waals surface area contributed by atoms with Gasteiger partial charge in [0.05, 0.1) is 18.2 Å². The summed E-state index contributed by atoms with van der Waals surface area (Å²) in [6, 6.07) is 13.3. The van der Waals surface area contributed by atoms with Gasteiger partial charge in [0.15, 0.2) is 0 Å². The van der Waals surface area contributed by atoms with E-state index in [0.29, 0.717) is 35.1 Å². The number of hydrogen-bond donors (Lipinski definition) is 1. The Morgan fingerprint density at radius 2 is 1.79 bits per heavy atom. The molecule has 0 radical (unpaired) electrons. The molecule has 6 nitrogen and oxygen atoms in total. The predicted molar refractivity (Wildman–Crippen MR) is 135 cm³/mol. The van der Waals surface area contributed by atoms with Gasteiger partial charge in [-0.3, -0.25) is 9.59 Å². The van der Waals surface area contributed by atoms with Crippen molar-refractivity contribution in [2.45, 2.75) is 39.7 Å². The van der Waals surface area contributed by atoms with Crippen molar-refractivity contribution in [1.82, 2.24) is 9.80 Å². The van der Waals surface area contributed by atoms with Gasteiger partial charge in [-0.25, -0.2) is 0 Å². The van der Waals surface area contributed by atoms with Gasteiger partial charge in [-0.05, 0) is 74.4 Å². The number of carbonyl (C=O) groups excluding carboxylic acids is 2. The molecule has 1 N–H and O–H groups in total. The van der Waals surface area contributed by atoms with Crippen LogP contribution in [0, 0.1) is 0 Å². The topological polar surface area (TPSA) is 70.1 Å². The van der Waals surface area contributed by atoms with Gasteiger partial charge in [0.1, 0.15) is 11.5 Å². The lowest BCUT2D eigenvalue weighted by Gasteiger charge is -2.27. The van der Waals surface area contributed by atoms with Crippen LogP contribution < -0.4 is 4.74 Å². The van der Waals surface area contributed by atoms with E-state index < -0.39 is 17.7 Å². The van der Waals surface area contributed by atoms with Crippen LogP contribution in [-0.2, 0) is 9.59 Å². The highest BCUT2D eigenvalue weighted by molar-refractivity contribution is 6.46. The number of likely N-dealkylation sites (tertiary alicyclic amines) is 1. The minimum absolute atomic E-state index is 0.0809. The third-order valence-corrected chi connectivity index (χ3v) is 6.31. The first-order valence-electron chi connectivity index (χ1n) is 11.9. The fourth-order valence-electron chi connectivity index (χ4n) is 4.22. The van der Waals surface area contributed by atoms with Gasteiger partial charge < -0.3 is 19.6 Å². The number of hydrogen-bond acceptors (Lipinski definition) is 5. The Morgan fingerprint density at radius 1 is 1.09 bits per heavy atom. The van der Waals surface area contributed by atoms with E-state index in [-0.39, 0.29) is 11.3 Å². The van der Waals surface area contributed by atoms with Crippen LogP contribution in [0.25, 0.3) is 5.76 Å². The van der Waals surface area contributed by atoms with E-state index in [2.05, 4.69) is 18.7 Å². The average molecular weight is 485 g/mol. The summed E-state index contributed by atoms with van der Waals surface area (Å²) < 4.78 is 5.61. The highest BCUT2D eigenvalue weighted by atomic mass is 35.5. The molecule has 2 aromatic carbocycles. The average Bonchev–Trinajstić information content (AvgIpc) is 3.10. The molecule has 1 atom stereocenters. The number of ether oxygens (including phenoxy) is 1. The number of nitrogens with zero attached hydrogens (tertiary/aromatic N) is 2. The van der Waals surface area contributed by atoms with Crippen LogP contribution in [0.15, 0.2) is 54.1 Å². The quantitative estimate of drug-likeness (QED) is 0.267. The molecule has 1 aliphatic heterocycles. The number of rotatable bonds is 11. The molecule has 1 unspecified atom stereocenters. The molecule has 2 aromatic rings. The molecule has 0 aromatic heterocycles. The molecular formula is C27H33ClN2O4. The molecule has 1 fully saturated rings. The molecule has 182 valence electrons. The van der Waals surface area contributed by atoms with Gasteiger partial charge in [-0.1, -0.05) is 44.5 Å². The van der Waals surface area contributed by atoms with Crippen molar-refractivity contribution in [2.24, 2.45) is 0 Å². The number of amides is 1. The molecule has 1 aliphatic rings. The largest absolute Gasteiger partial charge is 0.507 e. The Labute approximate surface area is 206 Å². The number of ketones is 1. The monoisotopic (exact) mass is 484 g/mol. The summed E-state index contributed by atoms with van der Waals surface area (Å²) >= 11 is 6.24. The van der Waals surface area contributed by atoms with Crippen LogP contribution in [0.4, 0.5) is 0 Å². The normalized spacial score (nSPS) is 17.6. The molecular weight excluding hydrogens is 452 g/mol. The maximum atomic E-state index is 13.1. The summed E-state index contributed by atoms with van der Waals surface area (Å²) in [5, 5.41) is 11.7. The van der Waals surface area contributed by atoms with Crippen molar-refractivity contribution in [3.8, 4) is 5.75 Å². The Bertz CT molecular complexity index is 1030. The maximum absolute atomic E-state index is 13.1. The molecule has 0 spiro atoms. The SMILES string of the molecule is CCCOc1ccc(/C(O)=C2\C(=O)C(=O)N(CCCN(CC)CC)C2c2cccc(Cl)c2)cc1. The lowest BCUT2D eigenvalue weighted by Crippen LogP contribution is -2.33. The third-order valence-electron chi connectivity index (χ3n) is 6.07. The molecule has 0 bridgehead atoms. The number of aliphatic hydroxyl groups is 1. The van der Waals surface area contributed by atoms with Crippen LogP contribution in [0.3, 0.4) is 0 Å². The van der Waals surface area contributed by atoms with Crippen molar-refractivity contribution in [2.75, 3.05) is 32.8 Å². The van der Waals surface area contributed by atoms with Gasteiger partial charge in [0.2, 0.25) is 0 Å². The second-order valence-corrected chi connectivity index (χ2v) is 8.74. The summed E-state index contributed by atoms with van der Waals surface area (Å²) in [5.74, 6) is -0.802. The van der Waals surface area contributed by atoms with Crippen molar-refractivity contribution in [3.63, 3.8) is 0 Å². The Kier molecular flexibility index (Phi) is 9.13. The summed E-state index contributed by atoms with van der Waals surface area (Å²) in [7, 11) is 0. The highest BCUT2D eigenvalue weighted by Crippen LogP contribution is 2.40. The van der Waals surface area contributed by atoms with E-state index in [9.17, 15) is 14.7 Å². The fraction of sp³-hybridized carbons (Fsp3) is 0.407. The lowest BCUT2D eigenvalue weighted by molar-refractivity contribution is -0.140. The van der Waals surface area contributed by atoms with Crippen LogP contribution in [-0.4, -0.2) is 59.4 Å². The minimum atomic E-state index is -0.702. The van der Waals surface area contributed by atoms with Crippen LogP contribution in [0.2, 0.25) is 5.02 Å². The van der Waals surface area contributed by atoms with Crippen LogP contribution >= 0.6 is 11.6 Å². The number of halogens is 1. The number of benzene rings is 2.